The van der Waals surface area contributed by atoms with Gasteiger partial charge in [0.15, 0.2) is 0 Å². The minimum absolute atomic E-state index is 0.0751. The van der Waals surface area contributed by atoms with Gasteiger partial charge in [-0.25, -0.2) is 4.79 Å². The number of halogens is 2. The summed E-state index contributed by atoms with van der Waals surface area (Å²) >= 11 is 12.5. The molecule has 3 N–H and O–H groups in total. The third-order valence-corrected chi connectivity index (χ3v) is 4.62. The number of hydrogen-bond acceptors (Lipinski definition) is 3. The van der Waals surface area contributed by atoms with Crippen LogP contribution in [-0.2, 0) is 22.4 Å². The number of carbonyl (C=O) groups is 2. The third-order valence-electron chi connectivity index (χ3n) is 3.83. The maximum atomic E-state index is 12.2. The molecule has 1 aliphatic rings. The molecule has 134 valence electrons. The van der Waals surface area contributed by atoms with Gasteiger partial charge < -0.3 is 15.0 Å². The van der Waals surface area contributed by atoms with Crippen molar-refractivity contribution in [3.63, 3.8) is 0 Å². The van der Waals surface area contributed by atoms with Crippen molar-refractivity contribution in [2.24, 2.45) is 0 Å². The van der Waals surface area contributed by atoms with Crippen LogP contribution in [0.15, 0.2) is 6.07 Å². The maximum Gasteiger partial charge on any atom is 0.412 e. The average molecular weight is 384 g/mol. The van der Waals surface area contributed by atoms with Crippen LogP contribution in [0.3, 0.4) is 0 Å². The second-order valence-electron chi connectivity index (χ2n) is 6.96. The number of nitrogens with one attached hydrogen (secondary N) is 3. The summed E-state index contributed by atoms with van der Waals surface area (Å²) in [7, 11) is 0. The number of aromatic nitrogens is 1. The molecule has 0 spiro atoms. The quantitative estimate of drug-likeness (QED) is 0.694. The van der Waals surface area contributed by atoms with E-state index in [1.807, 2.05) is 0 Å². The van der Waals surface area contributed by atoms with Gasteiger partial charge in [-0.3, -0.25) is 10.1 Å². The Bertz CT molecular complexity index is 868. The Morgan fingerprint density at radius 1 is 1.32 bits per heavy atom. The van der Waals surface area contributed by atoms with Crippen LogP contribution < -0.4 is 10.6 Å². The Kier molecular flexibility index (Phi) is 4.60. The summed E-state index contributed by atoms with van der Waals surface area (Å²) in [6, 6.07) is 1.58. The highest BCUT2D eigenvalue weighted by Crippen LogP contribution is 2.40. The first-order chi connectivity index (χ1) is 11.7. The second-order valence-corrected chi connectivity index (χ2v) is 7.74. The van der Waals surface area contributed by atoms with Crippen LogP contribution in [0, 0.1) is 0 Å². The predicted molar refractivity (Wildman–Crippen MR) is 98.6 cm³/mol. The summed E-state index contributed by atoms with van der Waals surface area (Å²) in [5.74, 6) is -0.0751. The van der Waals surface area contributed by atoms with E-state index in [4.69, 9.17) is 27.9 Å². The van der Waals surface area contributed by atoms with E-state index in [9.17, 15) is 9.59 Å². The van der Waals surface area contributed by atoms with E-state index in [2.05, 4.69) is 15.6 Å². The van der Waals surface area contributed by atoms with Crippen LogP contribution >= 0.6 is 23.2 Å². The number of fused-ring (bicyclic) bond motifs is 3. The fourth-order valence-corrected chi connectivity index (χ4v) is 3.30. The van der Waals surface area contributed by atoms with E-state index >= 15 is 0 Å². The van der Waals surface area contributed by atoms with Crippen LogP contribution in [0.2, 0.25) is 10.0 Å². The summed E-state index contributed by atoms with van der Waals surface area (Å²) in [6.45, 7) is 5.88. The van der Waals surface area contributed by atoms with E-state index in [0.717, 1.165) is 11.3 Å². The van der Waals surface area contributed by atoms with Crippen molar-refractivity contribution in [3.8, 4) is 0 Å². The zero-order valence-corrected chi connectivity index (χ0v) is 15.7. The number of aromatic amines is 1. The van der Waals surface area contributed by atoms with Crippen molar-refractivity contribution in [3.05, 3.63) is 27.4 Å². The molecule has 2 amide bonds. The summed E-state index contributed by atoms with van der Waals surface area (Å²) in [4.78, 5) is 27.4. The van der Waals surface area contributed by atoms with E-state index in [1.54, 1.807) is 26.8 Å². The number of anilines is 1. The first-order valence-corrected chi connectivity index (χ1v) is 8.69. The van der Waals surface area contributed by atoms with E-state index in [-0.39, 0.29) is 12.3 Å². The number of amides is 2. The number of carbonyl (C=O) groups excluding carboxylic acids is 2. The van der Waals surface area contributed by atoms with E-state index < -0.39 is 11.7 Å². The van der Waals surface area contributed by atoms with Gasteiger partial charge in [0.25, 0.3) is 0 Å². The normalized spacial score (nSPS) is 14.7. The Balaban J connectivity index is 2.11. The number of ether oxygens (including phenoxy) is 1. The first kappa shape index (κ1) is 17.9. The van der Waals surface area contributed by atoms with Crippen molar-refractivity contribution in [2.45, 2.75) is 39.2 Å². The number of benzene rings is 1. The molecule has 0 atom stereocenters. The summed E-state index contributed by atoms with van der Waals surface area (Å²) in [5.41, 5.74) is 2.17. The van der Waals surface area contributed by atoms with Crippen molar-refractivity contribution in [2.75, 3.05) is 11.9 Å². The SMILES string of the molecule is CC(C)(C)OC(=O)Nc1cc(Cl)c(Cl)c2[nH]c3c(c12)CC(=O)NCC3. The zero-order valence-electron chi connectivity index (χ0n) is 14.2. The van der Waals surface area contributed by atoms with Gasteiger partial charge in [0.1, 0.15) is 5.60 Å². The van der Waals surface area contributed by atoms with Crippen LogP contribution in [0.5, 0.6) is 0 Å². The lowest BCUT2D eigenvalue weighted by molar-refractivity contribution is -0.120. The first-order valence-electron chi connectivity index (χ1n) is 7.94. The molecule has 25 heavy (non-hydrogen) atoms. The van der Waals surface area contributed by atoms with Crippen molar-refractivity contribution in [1.82, 2.24) is 10.3 Å². The lowest BCUT2D eigenvalue weighted by Gasteiger charge is -2.20. The minimum Gasteiger partial charge on any atom is -0.444 e. The van der Waals surface area contributed by atoms with Gasteiger partial charge in [0.2, 0.25) is 5.91 Å². The maximum absolute atomic E-state index is 12.2. The molecule has 0 saturated heterocycles. The standard InChI is InChI=1S/C17H19Cl2N3O3/c1-17(2,3)25-16(24)22-11-7-9(18)14(19)15-13(11)8-6-12(23)20-5-4-10(8)21-15/h7,21H,4-6H2,1-3H3,(H,20,23)(H,22,24). The lowest BCUT2D eigenvalue weighted by atomic mass is 10.0. The van der Waals surface area contributed by atoms with Crippen LogP contribution in [0.4, 0.5) is 10.5 Å². The number of hydrogen-bond donors (Lipinski definition) is 3. The molecule has 0 fully saturated rings. The molecular formula is C17H19Cl2N3O3. The van der Waals surface area contributed by atoms with Gasteiger partial charge in [0.05, 0.1) is 27.7 Å². The van der Waals surface area contributed by atoms with Gasteiger partial charge >= 0.3 is 6.09 Å². The molecule has 6 nitrogen and oxygen atoms in total. The van der Waals surface area contributed by atoms with Crippen LogP contribution in [-0.4, -0.2) is 29.1 Å². The Morgan fingerprint density at radius 3 is 2.72 bits per heavy atom. The van der Waals surface area contributed by atoms with E-state index in [0.29, 0.717) is 39.6 Å². The summed E-state index contributed by atoms with van der Waals surface area (Å²) in [5, 5.41) is 6.91. The highest BCUT2D eigenvalue weighted by atomic mass is 35.5. The van der Waals surface area contributed by atoms with Crippen molar-refractivity contribution in [1.29, 1.82) is 0 Å². The third kappa shape index (κ3) is 3.70. The molecule has 0 radical (unpaired) electrons. The molecule has 1 aliphatic heterocycles. The highest BCUT2D eigenvalue weighted by Gasteiger charge is 2.24. The van der Waals surface area contributed by atoms with Crippen LogP contribution in [0.1, 0.15) is 32.0 Å². The van der Waals surface area contributed by atoms with Gasteiger partial charge in [-0.2, -0.15) is 0 Å². The monoisotopic (exact) mass is 383 g/mol. The Hall–Kier alpha value is -1.92. The molecular weight excluding hydrogens is 365 g/mol. The highest BCUT2D eigenvalue weighted by molar-refractivity contribution is 6.45. The fourth-order valence-electron chi connectivity index (χ4n) is 2.90. The Morgan fingerprint density at radius 2 is 2.04 bits per heavy atom. The molecule has 1 aromatic heterocycles. The molecule has 2 heterocycles. The van der Waals surface area contributed by atoms with Gasteiger partial charge in [-0.05, 0) is 32.4 Å². The molecule has 0 saturated carbocycles. The summed E-state index contributed by atoms with van der Waals surface area (Å²) in [6.07, 6.45) is 0.256. The lowest BCUT2D eigenvalue weighted by Crippen LogP contribution is -2.27. The molecule has 0 bridgehead atoms. The second kappa shape index (κ2) is 6.42. The number of rotatable bonds is 1. The van der Waals surface area contributed by atoms with Gasteiger partial charge in [-0.15, -0.1) is 0 Å². The minimum atomic E-state index is -0.631. The van der Waals surface area contributed by atoms with Crippen molar-refractivity contribution < 1.29 is 14.3 Å². The predicted octanol–water partition coefficient (Wildman–Crippen LogP) is 4.04. The van der Waals surface area contributed by atoms with E-state index in [1.165, 1.54) is 0 Å². The molecule has 0 unspecified atom stereocenters. The summed E-state index contributed by atoms with van der Waals surface area (Å²) < 4.78 is 5.31. The van der Waals surface area contributed by atoms with Crippen molar-refractivity contribution >= 4 is 51.8 Å². The fraction of sp³-hybridized carbons (Fsp3) is 0.412. The molecule has 2 aromatic rings. The molecule has 3 rings (SSSR count). The van der Waals surface area contributed by atoms with Gasteiger partial charge in [0, 0.05) is 24.0 Å². The molecule has 8 heteroatoms. The Labute approximate surface area is 155 Å². The molecule has 1 aromatic carbocycles. The van der Waals surface area contributed by atoms with Gasteiger partial charge in [-0.1, -0.05) is 23.2 Å². The van der Waals surface area contributed by atoms with Crippen LogP contribution in [0.25, 0.3) is 10.9 Å². The molecule has 0 aliphatic carbocycles. The largest absolute Gasteiger partial charge is 0.444 e. The topological polar surface area (TPSA) is 83.2 Å². The zero-order chi connectivity index (χ0) is 18.4. The smallest absolute Gasteiger partial charge is 0.412 e. The number of H-pyrrole nitrogens is 1. The average Bonchev–Trinajstić information content (AvgIpc) is 2.71.